The average Bonchev–Trinajstić information content (AvgIpc) is 2.60. The molecule has 0 aromatic heterocycles. The van der Waals surface area contributed by atoms with Crippen molar-refractivity contribution in [2.75, 3.05) is 12.4 Å². The summed E-state index contributed by atoms with van der Waals surface area (Å²) in [6.07, 6.45) is 0. The van der Waals surface area contributed by atoms with Gasteiger partial charge >= 0.3 is 0 Å². The number of nitrogens with one attached hydrogen (secondary N) is 3. The van der Waals surface area contributed by atoms with Crippen LogP contribution in [0.3, 0.4) is 0 Å². The van der Waals surface area contributed by atoms with Crippen LogP contribution in [0.4, 0.5) is 5.69 Å². The molecular weight excluding hydrogens is 310 g/mol. The molecule has 0 saturated carbocycles. The predicted octanol–water partition coefficient (Wildman–Crippen LogP) is 1.73. The van der Waals surface area contributed by atoms with Gasteiger partial charge in [0, 0.05) is 12.5 Å². The standard InChI is InChI=1S/C17H17N3O4/c1-11(21)19-20-17(23)14-8-3-4-9-15(14)18-16(22)12-6-5-7-13(10-12)24-2/h3-10H,1-2H3,(H,18,22)(H,19,21)(H,20,23). The summed E-state index contributed by atoms with van der Waals surface area (Å²) in [6.45, 7) is 1.27. The van der Waals surface area contributed by atoms with E-state index in [4.69, 9.17) is 4.74 Å². The van der Waals surface area contributed by atoms with Crippen molar-refractivity contribution >= 4 is 23.4 Å². The first kappa shape index (κ1) is 17.0. The first-order valence-electron chi connectivity index (χ1n) is 7.12. The SMILES string of the molecule is COc1cccc(C(=O)Nc2ccccc2C(=O)NNC(C)=O)c1. The molecule has 124 valence electrons. The molecule has 3 N–H and O–H groups in total. The quantitative estimate of drug-likeness (QED) is 0.745. The van der Waals surface area contributed by atoms with E-state index in [1.807, 2.05) is 0 Å². The van der Waals surface area contributed by atoms with Crippen LogP contribution in [-0.2, 0) is 4.79 Å². The minimum absolute atomic E-state index is 0.225. The number of benzene rings is 2. The van der Waals surface area contributed by atoms with Crippen LogP contribution >= 0.6 is 0 Å². The number of methoxy groups -OCH3 is 1. The van der Waals surface area contributed by atoms with Crippen LogP contribution in [0.15, 0.2) is 48.5 Å². The Hall–Kier alpha value is -3.35. The maximum Gasteiger partial charge on any atom is 0.271 e. The highest BCUT2D eigenvalue weighted by molar-refractivity contribution is 6.09. The lowest BCUT2D eigenvalue weighted by atomic mass is 10.1. The molecule has 7 heteroatoms. The summed E-state index contributed by atoms with van der Waals surface area (Å²) < 4.78 is 5.09. The zero-order chi connectivity index (χ0) is 17.5. The van der Waals surface area contributed by atoms with Gasteiger partial charge in [0.15, 0.2) is 0 Å². The predicted molar refractivity (Wildman–Crippen MR) is 88.7 cm³/mol. The molecule has 7 nitrogen and oxygen atoms in total. The van der Waals surface area contributed by atoms with Gasteiger partial charge in [-0.25, -0.2) is 0 Å². The maximum atomic E-state index is 12.4. The van der Waals surface area contributed by atoms with Crippen LogP contribution < -0.4 is 20.9 Å². The fraction of sp³-hybridized carbons (Fsp3) is 0.118. The molecule has 2 aromatic carbocycles. The second-order valence-corrected chi connectivity index (χ2v) is 4.87. The monoisotopic (exact) mass is 327 g/mol. The molecule has 0 aliphatic rings. The van der Waals surface area contributed by atoms with E-state index in [1.165, 1.54) is 14.0 Å². The van der Waals surface area contributed by atoms with Gasteiger partial charge in [0.2, 0.25) is 5.91 Å². The number of carbonyl (C=O) groups excluding carboxylic acids is 3. The number of anilines is 1. The van der Waals surface area contributed by atoms with Crippen LogP contribution in [0.2, 0.25) is 0 Å². The van der Waals surface area contributed by atoms with Crippen molar-refractivity contribution < 1.29 is 19.1 Å². The zero-order valence-electron chi connectivity index (χ0n) is 13.3. The summed E-state index contributed by atoms with van der Waals surface area (Å²) in [5.41, 5.74) is 5.41. The molecule has 2 aromatic rings. The van der Waals surface area contributed by atoms with Gasteiger partial charge in [-0.1, -0.05) is 18.2 Å². The van der Waals surface area contributed by atoms with Gasteiger partial charge in [-0.15, -0.1) is 0 Å². The molecule has 2 rings (SSSR count). The van der Waals surface area contributed by atoms with E-state index in [0.717, 1.165) is 0 Å². The Labute approximate surface area is 139 Å². The number of carbonyl (C=O) groups is 3. The lowest BCUT2D eigenvalue weighted by Crippen LogP contribution is -2.40. The molecule has 0 unspecified atom stereocenters. The van der Waals surface area contributed by atoms with E-state index >= 15 is 0 Å². The van der Waals surface area contributed by atoms with E-state index in [2.05, 4.69) is 16.2 Å². The minimum Gasteiger partial charge on any atom is -0.497 e. The molecule has 0 bridgehead atoms. The van der Waals surface area contributed by atoms with E-state index in [9.17, 15) is 14.4 Å². The van der Waals surface area contributed by atoms with Gasteiger partial charge < -0.3 is 10.1 Å². The minimum atomic E-state index is -0.535. The molecule has 0 radical (unpaired) electrons. The fourth-order valence-electron chi connectivity index (χ4n) is 1.96. The van der Waals surface area contributed by atoms with Crippen LogP contribution in [-0.4, -0.2) is 24.8 Å². The lowest BCUT2D eigenvalue weighted by molar-refractivity contribution is -0.119. The summed E-state index contributed by atoms with van der Waals surface area (Å²) >= 11 is 0. The fourth-order valence-corrected chi connectivity index (χ4v) is 1.96. The van der Waals surface area contributed by atoms with Gasteiger partial charge in [-0.05, 0) is 30.3 Å². The smallest absolute Gasteiger partial charge is 0.271 e. The molecule has 3 amide bonds. The Balaban J connectivity index is 2.18. The summed E-state index contributed by atoms with van der Waals surface area (Å²) in [6, 6.07) is 13.1. The number of hydrazine groups is 1. The van der Waals surface area contributed by atoms with Gasteiger partial charge in [0.1, 0.15) is 5.75 Å². The number of ether oxygens (including phenoxy) is 1. The van der Waals surface area contributed by atoms with Crippen molar-refractivity contribution in [1.29, 1.82) is 0 Å². The topological polar surface area (TPSA) is 96.5 Å². The first-order valence-corrected chi connectivity index (χ1v) is 7.12. The molecular formula is C17H17N3O4. The van der Waals surface area contributed by atoms with E-state index in [-0.39, 0.29) is 11.5 Å². The number of rotatable bonds is 4. The molecule has 0 fully saturated rings. The van der Waals surface area contributed by atoms with Gasteiger partial charge in [0.05, 0.1) is 18.4 Å². The molecule has 24 heavy (non-hydrogen) atoms. The summed E-state index contributed by atoms with van der Waals surface area (Å²) in [5.74, 6) is -0.763. The van der Waals surface area contributed by atoms with Crippen molar-refractivity contribution in [2.24, 2.45) is 0 Å². The van der Waals surface area contributed by atoms with Crippen LogP contribution in [0, 0.1) is 0 Å². The largest absolute Gasteiger partial charge is 0.497 e. The normalized spacial score (nSPS) is 9.75. The summed E-state index contributed by atoms with van der Waals surface area (Å²) in [4.78, 5) is 35.3. The van der Waals surface area contributed by atoms with Gasteiger partial charge in [0.25, 0.3) is 11.8 Å². The second kappa shape index (κ2) is 7.77. The van der Waals surface area contributed by atoms with Gasteiger partial charge in [-0.2, -0.15) is 0 Å². The molecule has 0 atom stereocenters. The number of amides is 3. The van der Waals surface area contributed by atoms with E-state index in [1.54, 1.807) is 48.5 Å². The van der Waals surface area contributed by atoms with Crippen LogP contribution in [0.5, 0.6) is 5.75 Å². The Morgan fingerprint density at radius 3 is 2.38 bits per heavy atom. The average molecular weight is 327 g/mol. The summed E-state index contributed by atoms with van der Waals surface area (Å²) in [7, 11) is 1.51. The Morgan fingerprint density at radius 2 is 1.67 bits per heavy atom. The van der Waals surface area contributed by atoms with E-state index in [0.29, 0.717) is 17.0 Å². The highest BCUT2D eigenvalue weighted by atomic mass is 16.5. The van der Waals surface area contributed by atoms with Crippen molar-refractivity contribution in [3.63, 3.8) is 0 Å². The molecule has 0 spiro atoms. The third kappa shape index (κ3) is 4.33. The molecule has 0 saturated heterocycles. The number of hydrogen-bond acceptors (Lipinski definition) is 4. The van der Waals surface area contributed by atoms with Gasteiger partial charge in [-0.3, -0.25) is 25.2 Å². The van der Waals surface area contributed by atoms with Crippen molar-refractivity contribution in [3.8, 4) is 5.75 Å². The highest BCUT2D eigenvalue weighted by Crippen LogP contribution is 2.18. The van der Waals surface area contributed by atoms with Crippen LogP contribution in [0.25, 0.3) is 0 Å². The Kier molecular flexibility index (Phi) is 5.51. The number of para-hydroxylation sites is 1. The van der Waals surface area contributed by atoms with Crippen LogP contribution in [0.1, 0.15) is 27.6 Å². The van der Waals surface area contributed by atoms with Crippen molar-refractivity contribution in [3.05, 3.63) is 59.7 Å². The van der Waals surface area contributed by atoms with Crippen molar-refractivity contribution in [1.82, 2.24) is 10.9 Å². The third-order valence-electron chi connectivity index (χ3n) is 3.10. The molecule has 0 aliphatic carbocycles. The highest BCUT2D eigenvalue weighted by Gasteiger charge is 2.14. The maximum absolute atomic E-state index is 12.4. The summed E-state index contributed by atoms with van der Waals surface area (Å²) in [5, 5.41) is 2.68. The number of hydrogen-bond donors (Lipinski definition) is 3. The second-order valence-electron chi connectivity index (χ2n) is 4.87. The molecule has 0 aliphatic heterocycles. The van der Waals surface area contributed by atoms with E-state index < -0.39 is 11.8 Å². The zero-order valence-corrected chi connectivity index (χ0v) is 13.3. The molecule has 0 heterocycles. The third-order valence-corrected chi connectivity index (χ3v) is 3.10. The lowest BCUT2D eigenvalue weighted by Gasteiger charge is -2.12. The Morgan fingerprint density at radius 1 is 0.917 bits per heavy atom. The Bertz CT molecular complexity index is 774. The van der Waals surface area contributed by atoms with Crippen molar-refractivity contribution in [2.45, 2.75) is 6.92 Å². The first-order chi connectivity index (χ1) is 11.5.